The average Bonchev–Trinajstić information content (AvgIpc) is 3.26. The summed E-state index contributed by atoms with van der Waals surface area (Å²) in [5, 5.41) is 16.4. The first-order valence-corrected chi connectivity index (χ1v) is 8.04. The quantitative estimate of drug-likeness (QED) is 0.853. The van der Waals surface area contributed by atoms with E-state index < -0.39 is 12.2 Å². The summed E-state index contributed by atoms with van der Waals surface area (Å²) in [4.78, 5) is 17.5. The number of amides is 1. The first kappa shape index (κ1) is 15.9. The Balaban J connectivity index is 1.42. The van der Waals surface area contributed by atoms with Gasteiger partial charge in [-0.25, -0.2) is 9.37 Å². The maximum atomic E-state index is 13.4. The van der Waals surface area contributed by atoms with Gasteiger partial charge in [0.05, 0.1) is 19.2 Å². The number of carbonyl (C=O) groups excluding carboxylic acids is 1. The lowest BCUT2D eigenvalue weighted by Crippen LogP contribution is -2.43. The molecule has 1 aromatic rings. The summed E-state index contributed by atoms with van der Waals surface area (Å²) in [5.41, 5.74) is 0. The molecule has 1 aromatic heterocycles. The van der Waals surface area contributed by atoms with Gasteiger partial charge in [-0.3, -0.25) is 9.48 Å². The van der Waals surface area contributed by atoms with Crippen molar-refractivity contribution in [3.63, 3.8) is 0 Å². The van der Waals surface area contributed by atoms with Gasteiger partial charge in [-0.05, 0) is 25.2 Å². The summed E-state index contributed by atoms with van der Waals surface area (Å²) in [5.74, 6) is 0.342. The molecular formula is C15H21FN6O. The number of likely N-dealkylation sites (tertiary alicyclic amines) is 1. The van der Waals surface area contributed by atoms with Crippen LogP contribution in [0.2, 0.25) is 0 Å². The minimum atomic E-state index is -1.08. The minimum absolute atomic E-state index is 0.0400. The van der Waals surface area contributed by atoms with Gasteiger partial charge in [0, 0.05) is 19.0 Å². The molecule has 124 valence electrons. The molecule has 0 spiro atoms. The Hall–Kier alpha value is -2.01. The summed E-state index contributed by atoms with van der Waals surface area (Å²) < 4.78 is 15.2. The lowest BCUT2D eigenvalue weighted by atomic mass is 10.1. The summed E-state index contributed by atoms with van der Waals surface area (Å²) >= 11 is 0. The van der Waals surface area contributed by atoms with Crippen LogP contribution in [0, 0.1) is 17.2 Å². The Labute approximate surface area is 134 Å². The molecule has 1 aliphatic heterocycles. The summed E-state index contributed by atoms with van der Waals surface area (Å²) in [6, 6.07) is 1.67. The van der Waals surface area contributed by atoms with Gasteiger partial charge in [0.25, 0.3) is 0 Å². The number of hydrogen-bond donors (Lipinski definition) is 1. The van der Waals surface area contributed by atoms with E-state index in [4.69, 9.17) is 5.26 Å². The van der Waals surface area contributed by atoms with Gasteiger partial charge in [0.15, 0.2) is 0 Å². The van der Waals surface area contributed by atoms with Crippen molar-refractivity contribution in [2.24, 2.45) is 5.92 Å². The number of nitrogens with zero attached hydrogens (tertiary/aromatic N) is 5. The molecule has 1 aliphatic carbocycles. The molecule has 1 amide bonds. The Bertz CT molecular complexity index is 571. The van der Waals surface area contributed by atoms with Gasteiger partial charge in [-0.1, -0.05) is 0 Å². The number of nitrogens with one attached hydrogen (secondary N) is 1. The van der Waals surface area contributed by atoms with E-state index in [-0.39, 0.29) is 31.5 Å². The molecule has 7 nitrogen and oxygen atoms in total. The Morgan fingerprint density at radius 1 is 1.43 bits per heavy atom. The topological polar surface area (TPSA) is 86.8 Å². The van der Waals surface area contributed by atoms with Crippen molar-refractivity contribution in [1.82, 2.24) is 25.0 Å². The van der Waals surface area contributed by atoms with Crippen molar-refractivity contribution in [2.45, 2.75) is 50.5 Å². The molecule has 0 bridgehead atoms. The van der Waals surface area contributed by atoms with Crippen LogP contribution in [0.3, 0.4) is 0 Å². The van der Waals surface area contributed by atoms with Crippen LogP contribution in [0.4, 0.5) is 4.39 Å². The van der Waals surface area contributed by atoms with Crippen LogP contribution in [0.5, 0.6) is 0 Å². The Morgan fingerprint density at radius 2 is 2.30 bits per heavy atom. The van der Waals surface area contributed by atoms with Gasteiger partial charge in [0.1, 0.15) is 24.9 Å². The molecule has 1 unspecified atom stereocenters. The lowest BCUT2D eigenvalue weighted by molar-refractivity contribution is -0.130. The van der Waals surface area contributed by atoms with E-state index in [0.29, 0.717) is 5.92 Å². The van der Waals surface area contributed by atoms with Crippen LogP contribution in [-0.2, 0) is 11.3 Å². The predicted octanol–water partition coefficient (Wildman–Crippen LogP) is 0.499. The van der Waals surface area contributed by atoms with Gasteiger partial charge in [0.2, 0.25) is 5.91 Å². The van der Waals surface area contributed by atoms with Crippen LogP contribution in [0.15, 0.2) is 12.7 Å². The molecule has 8 heteroatoms. The van der Waals surface area contributed by atoms with Crippen molar-refractivity contribution < 1.29 is 9.18 Å². The number of rotatable bonds is 5. The monoisotopic (exact) mass is 320 g/mol. The van der Waals surface area contributed by atoms with Crippen molar-refractivity contribution >= 4 is 5.91 Å². The summed E-state index contributed by atoms with van der Waals surface area (Å²) in [6.07, 6.45) is 5.38. The standard InChI is InChI=1S/C15H21FN6O/c16-12-4-14(5-17)22(8-12)15(23)6-19-13-2-1-11(3-13)7-21-10-18-9-20-21/h9-14,19H,1-4,6-8H2/t11-,12-,13?,14-/m0/s1. The van der Waals surface area contributed by atoms with Gasteiger partial charge in [-0.15, -0.1) is 0 Å². The normalized spacial score (nSPS) is 30.5. The van der Waals surface area contributed by atoms with Crippen LogP contribution >= 0.6 is 0 Å². The molecule has 0 radical (unpaired) electrons. The van der Waals surface area contributed by atoms with E-state index in [9.17, 15) is 9.18 Å². The molecule has 2 heterocycles. The first-order valence-electron chi connectivity index (χ1n) is 8.04. The molecule has 1 saturated heterocycles. The molecule has 4 atom stereocenters. The zero-order valence-electron chi connectivity index (χ0n) is 12.9. The molecular weight excluding hydrogens is 299 g/mol. The molecule has 1 saturated carbocycles. The van der Waals surface area contributed by atoms with Gasteiger partial charge < -0.3 is 10.2 Å². The zero-order chi connectivity index (χ0) is 16.2. The SMILES string of the molecule is N#C[C@@H]1C[C@H](F)CN1C(=O)CNC1CC[C@H](Cn2cncn2)C1. The molecule has 2 aliphatic rings. The fourth-order valence-electron chi connectivity index (χ4n) is 3.53. The second-order valence-electron chi connectivity index (χ2n) is 6.40. The van der Waals surface area contributed by atoms with Crippen LogP contribution in [-0.4, -0.2) is 56.9 Å². The molecule has 23 heavy (non-hydrogen) atoms. The first-order chi connectivity index (χ1) is 11.2. The Kier molecular flexibility index (Phi) is 4.86. The maximum absolute atomic E-state index is 13.4. The highest BCUT2D eigenvalue weighted by molar-refractivity contribution is 5.79. The molecule has 3 rings (SSSR count). The van der Waals surface area contributed by atoms with Crippen LogP contribution in [0.25, 0.3) is 0 Å². The van der Waals surface area contributed by atoms with Crippen molar-refractivity contribution in [2.75, 3.05) is 13.1 Å². The average molecular weight is 320 g/mol. The third kappa shape index (κ3) is 3.85. The number of hydrogen-bond acceptors (Lipinski definition) is 5. The highest BCUT2D eigenvalue weighted by Gasteiger charge is 2.35. The van der Waals surface area contributed by atoms with Crippen molar-refractivity contribution in [3.8, 4) is 6.07 Å². The second-order valence-corrected chi connectivity index (χ2v) is 6.40. The lowest BCUT2D eigenvalue weighted by Gasteiger charge is -2.21. The van der Waals surface area contributed by atoms with E-state index in [1.54, 1.807) is 6.33 Å². The van der Waals surface area contributed by atoms with E-state index in [1.165, 1.54) is 11.2 Å². The van der Waals surface area contributed by atoms with Crippen LogP contribution < -0.4 is 5.32 Å². The molecule has 1 N–H and O–H groups in total. The smallest absolute Gasteiger partial charge is 0.237 e. The van der Waals surface area contributed by atoms with E-state index >= 15 is 0 Å². The number of carbonyl (C=O) groups is 1. The zero-order valence-corrected chi connectivity index (χ0v) is 12.9. The van der Waals surface area contributed by atoms with Gasteiger partial charge in [-0.2, -0.15) is 10.4 Å². The third-order valence-electron chi connectivity index (χ3n) is 4.71. The highest BCUT2D eigenvalue weighted by atomic mass is 19.1. The third-order valence-corrected chi connectivity index (χ3v) is 4.71. The number of alkyl halides is 1. The van der Waals surface area contributed by atoms with Crippen LogP contribution in [0.1, 0.15) is 25.7 Å². The Morgan fingerprint density at radius 3 is 3.04 bits per heavy atom. The highest BCUT2D eigenvalue weighted by Crippen LogP contribution is 2.27. The second kappa shape index (κ2) is 7.04. The minimum Gasteiger partial charge on any atom is -0.323 e. The van der Waals surface area contributed by atoms with E-state index in [1.807, 2.05) is 10.8 Å². The van der Waals surface area contributed by atoms with E-state index in [0.717, 1.165) is 25.8 Å². The summed E-state index contributed by atoms with van der Waals surface area (Å²) in [6.45, 7) is 1.06. The van der Waals surface area contributed by atoms with E-state index in [2.05, 4.69) is 15.4 Å². The largest absolute Gasteiger partial charge is 0.323 e. The number of aromatic nitrogens is 3. The number of nitriles is 1. The van der Waals surface area contributed by atoms with Crippen molar-refractivity contribution in [3.05, 3.63) is 12.7 Å². The summed E-state index contributed by atoms with van der Waals surface area (Å²) in [7, 11) is 0. The van der Waals surface area contributed by atoms with Crippen molar-refractivity contribution in [1.29, 1.82) is 5.26 Å². The maximum Gasteiger partial charge on any atom is 0.237 e. The predicted molar refractivity (Wildman–Crippen MR) is 79.8 cm³/mol. The number of halogens is 1. The molecule has 0 aromatic carbocycles. The molecule has 2 fully saturated rings. The fourth-order valence-corrected chi connectivity index (χ4v) is 3.53. The van der Waals surface area contributed by atoms with Gasteiger partial charge >= 0.3 is 0 Å². The fraction of sp³-hybridized carbons (Fsp3) is 0.733.